The third-order valence-electron chi connectivity index (χ3n) is 3.59. The number of rotatable bonds is 4. The molecule has 1 aliphatic carbocycles. The fourth-order valence-electron chi connectivity index (χ4n) is 2.50. The van der Waals surface area contributed by atoms with Gasteiger partial charge in [-0.2, -0.15) is 0 Å². The van der Waals surface area contributed by atoms with Crippen molar-refractivity contribution in [2.75, 3.05) is 7.11 Å². The maximum atomic E-state index is 11.8. The molecule has 0 unspecified atom stereocenters. The van der Waals surface area contributed by atoms with E-state index in [1.165, 1.54) is 12.7 Å². The number of esters is 1. The minimum atomic E-state index is -0.192. The Morgan fingerprint density at radius 1 is 1.21 bits per heavy atom. The SMILES string of the molecule is COC(=O)C1=C(N[C@H](C)c2ccccc2)CCCC1. The fourth-order valence-corrected chi connectivity index (χ4v) is 2.50. The maximum absolute atomic E-state index is 11.8. The van der Waals surface area contributed by atoms with Gasteiger partial charge in [0.1, 0.15) is 0 Å². The molecule has 0 aromatic heterocycles. The smallest absolute Gasteiger partial charge is 0.335 e. The predicted molar refractivity (Wildman–Crippen MR) is 75.5 cm³/mol. The van der Waals surface area contributed by atoms with Crippen molar-refractivity contribution in [1.82, 2.24) is 5.32 Å². The lowest BCUT2D eigenvalue weighted by Gasteiger charge is -2.24. The van der Waals surface area contributed by atoms with Crippen LogP contribution in [0.15, 0.2) is 41.6 Å². The molecule has 1 aromatic rings. The lowest BCUT2D eigenvalue weighted by atomic mass is 9.95. The highest BCUT2D eigenvalue weighted by Gasteiger charge is 2.20. The van der Waals surface area contributed by atoms with E-state index in [1.54, 1.807) is 0 Å². The average Bonchev–Trinajstić information content (AvgIpc) is 2.48. The predicted octanol–water partition coefficient (Wildman–Crippen LogP) is 3.34. The van der Waals surface area contributed by atoms with Crippen LogP contribution in [0.5, 0.6) is 0 Å². The molecule has 2 rings (SSSR count). The van der Waals surface area contributed by atoms with E-state index in [0.717, 1.165) is 37.0 Å². The zero-order valence-electron chi connectivity index (χ0n) is 11.6. The molecule has 0 saturated carbocycles. The first kappa shape index (κ1) is 13.7. The third kappa shape index (κ3) is 3.37. The summed E-state index contributed by atoms with van der Waals surface area (Å²) in [6, 6.07) is 10.5. The Kier molecular flexibility index (Phi) is 4.61. The number of ether oxygens (including phenoxy) is 1. The van der Waals surface area contributed by atoms with Crippen LogP contribution in [0.2, 0.25) is 0 Å². The van der Waals surface area contributed by atoms with Gasteiger partial charge in [0.25, 0.3) is 0 Å². The molecule has 19 heavy (non-hydrogen) atoms. The highest BCUT2D eigenvalue weighted by molar-refractivity contribution is 5.89. The van der Waals surface area contributed by atoms with Crippen LogP contribution < -0.4 is 5.32 Å². The van der Waals surface area contributed by atoms with Crippen LogP contribution in [-0.4, -0.2) is 13.1 Å². The standard InChI is InChI=1S/C16H21NO2/c1-12(13-8-4-3-5-9-13)17-15-11-7-6-10-14(15)16(18)19-2/h3-5,8-9,12,17H,6-7,10-11H2,1-2H3/t12-/m1/s1. The molecular weight excluding hydrogens is 238 g/mol. The summed E-state index contributed by atoms with van der Waals surface area (Å²) >= 11 is 0. The second-order valence-electron chi connectivity index (χ2n) is 4.93. The van der Waals surface area contributed by atoms with Crippen LogP contribution in [0, 0.1) is 0 Å². The van der Waals surface area contributed by atoms with Gasteiger partial charge < -0.3 is 10.1 Å². The molecule has 1 aromatic carbocycles. The largest absolute Gasteiger partial charge is 0.466 e. The Morgan fingerprint density at radius 3 is 2.58 bits per heavy atom. The van der Waals surface area contributed by atoms with E-state index >= 15 is 0 Å². The van der Waals surface area contributed by atoms with E-state index < -0.39 is 0 Å². The normalized spacial score (nSPS) is 16.9. The quantitative estimate of drug-likeness (QED) is 0.843. The second-order valence-corrected chi connectivity index (χ2v) is 4.93. The van der Waals surface area contributed by atoms with Gasteiger partial charge >= 0.3 is 5.97 Å². The summed E-state index contributed by atoms with van der Waals surface area (Å²) < 4.78 is 4.87. The summed E-state index contributed by atoms with van der Waals surface area (Å²) in [5.41, 5.74) is 3.09. The highest BCUT2D eigenvalue weighted by Crippen LogP contribution is 2.26. The van der Waals surface area contributed by atoms with Crippen molar-refractivity contribution in [2.45, 2.75) is 38.6 Å². The lowest BCUT2D eigenvalue weighted by Crippen LogP contribution is -2.24. The molecule has 0 aliphatic heterocycles. The monoisotopic (exact) mass is 259 g/mol. The molecule has 0 bridgehead atoms. The number of methoxy groups -OCH3 is 1. The number of allylic oxidation sites excluding steroid dienone is 1. The number of carbonyl (C=O) groups is 1. The van der Waals surface area contributed by atoms with Crippen molar-refractivity contribution < 1.29 is 9.53 Å². The van der Waals surface area contributed by atoms with Crippen LogP contribution in [0.3, 0.4) is 0 Å². The van der Waals surface area contributed by atoms with Gasteiger partial charge in [0.15, 0.2) is 0 Å². The third-order valence-corrected chi connectivity index (χ3v) is 3.59. The maximum Gasteiger partial charge on any atom is 0.335 e. The molecule has 3 heteroatoms. The number of hydrogen-bond acceptors (Lipinski definition) is 3. The van der Waals surface area contributed by atoms with Gasteiger partial charge in [-0.3, -0.25) is 0 Å². The van der Waals surface area contributed by atoms with Crippen molar-refractivity contribution in [3.05, 3.63) is 47.2 Å². The van der Waals surface area contributed by atoms with E-state index in [1.807, 2.05) is 18.2 Å². The van der Waals surface area contributed by atoms with Crippen LogP contribution >= 0.6 is 0 Å². The Labute approximate surface area is 114 Å². The number of carbonyl (C=O) groups excluding carboxylic acids is 1. The van der Waals surface area contributed by atoms with E-state index in [-0.39, 0.29) is 12.0 Å². The number of hydrogen-bond donors (Lipinski definition) is 1. The van der Waals surface area contributed by atoms with Crippen LogP contribution in [0.25, 0.3) is 0 Å². The molecule has 102 valence electrons. The molecule has 3 nitrogen and oxygen atoms in total. The Hall–Kier alpha value is -1.77. The molecule has 0 fully saturated rings. The summed E-state index contributed by atoms with van der Waals surface area (Å²) in [6.45, 7) is 2.12. The van der Waals surface area contributed by atoms with E-state index in [2.05, 4.69) is 24.4 Å². The summed E-state index contributed by atoms with van der Waals surface area (Å²) in [6.07, 6.45) is 3.94. The highest BCUT2D eigenvalue weighted by atomic mass is 16.5. The summed E-state index contributed by atoms with van der Waals surface area (Å²) in [5, 5.41) is 3.48. The van der Waals surface area contributed by atoms with Crippen LogP contribution in [0.4, 0.5) is 0 Å². The van der Waals surface area contributed by atoms with E-state index in [0.29, 0.717) is 0 Å². The Morgan fingerprint density at radius 2 is 1.89 bits per heavy atom. The van der Waals surface area contributed by atoms with Gasteiger partial charge in [0.05, 0.1) is 12.7 Å². The van der Waals surface area contributed by atoms with Gasteiger partial charge in [-0.1, -0.05) is 30.3 Å². The molecule has 0 spiro atoms. The molecule has 0 radical (unpaired) electrons. The molecule has 1 aliphatic rings. The summed E-state index contributed by atoms with van der Waals surface area (Å²) in [4.78, 5) is 11.8. The first-order valence-electron chi connectivity index (χ1n) is 6.84. The topological polar surface area (TPSA) is 38.3 Å². The van der Waals surface area contributed by atoms with Gasteiger partial charge in [-0.25, -0.2) is 4.79 Å². The molecule has 1 N–H and O–H groups in total. The minimum Gasteiger partial charge on any atom is -0.466 e. The Balaban J connectivity index is 2.15. The summed E-state index contributed by atoms with van der Waals surface area (Å²) in [7, 11) is 1.45. The lowest BCUT2D eigenvalue weighted by molar-refractivity contribution is -0.136. The van der Waals surface area contributed by atoms with Crippen molar-refractivity contribution in [3.63, 3.8) is 0 Å². The zero-order chi connectivity index (χ0) is 13.7. The first-order valence-corrected chi connectivity index (χ1v) is 6.84. The van der Waals surface area contributed by atoms with Gasteiger partial charge in [-0.05, 0) is 38.2 Å². The van der Waals surface area contributed by atoms with E-state index in [4.69, 9.17) is 4.74 Å². The minimum absolute atomic E-state index is 0.192. The molecule has 0 amide bonds. The van der Waals surface area contributed by atoms with Gasteiger partial charge in [0.2, 0.25) is 0 Å². The molecule has 1 atom stereocenters. The van der Waals surface area contributed by atoms with Crippen LogP contribution in [-0.2, 0) is 9.53 Å². The molecular formula is C16H21NO2. The molecule has 0 saturated heterocycles. The zero-order valence-corrected chi connectivity index (χ0v) is 11.6. The average molecular weight is 259 g/mol. The van der Waals surface area contributed by atoms with Gasteiger partial charge in [0, 0.05) is 11.7 Å². The fraction of sp³-hybridized carbons (Fsp3) is 0.438. The first-order chi connectivity index (χ1) is 9.22. The van der Waals surface area contributed by atoms with Crippen molar-refractivity contribution in [3.8, 4) is 0 Å². The van der Waals surface area contributed by atoms with Crippen molar-refractivity contribution in [2.24, 2.45) is 0 Å². The summed E-state index contributed by atoms with van der Waals surface area (Å²) in [5.74, 6) is -0.192. The van der Waals surface area contributed by atoms with Gasteiger partial charge in [-0.15, -0.1) is 0 Å². The van der Waals surface area contributed by atoms with Crippen molar-refractivity contribution >= 4 is 5.97 Å². The Bertz CT molecular complexity index is 465. The second kappa shape index (κ2) is 6.41. The number of benzene rings is 1. The number of nitrogens with one attached hydrogen (secondary N) is 1. The van der Waals surface area contributed by atoms with Crippen LogP contribution in [0.1, 0.15) is 44.2 Å². The van der Waals surface area contributed by atoms with E-state index in [9.17, 15) is 4.79 Å². The molecule has 0 heterocycles. The van der Waals surface area contributed by atoms with Crippen molar-refractivity contribution in [1.29, 1.82) is 0 Å².